The molecule has 0 aliphatic heterocycles. The highest BCUT2D eigenvalue weighted by Gasteiger charge is 2.57. The van der Waals surface area contributed by atoms with Crippen molar-refractivity contribution in [1.82, 2.24) is 9.55 Å². The van der Waals surface area contributed by atoms with Gasteiger partial charge in [-0.05, 0) is 80.2 Å². The van der Waals surface area contributed by atoms with E-state index >= 15 is 0 Å². The van der Waals surface area contributed by atoms with Crippen LogP contribution in [0.2, 0.25) is 0 Å². The molecule has 0 unspecified atom stereocenters. The number of allylic oxidation sites excluding steroid dienone is 3. The molecule has 152 valence electrons. The zero-order valence-electron chi connectivity index (χ0n) is 21.3. The Morgan fingerprint density at radius 1 is 1.07 bits per heavy atom. The van der Waals surface area contributed by atoms with Gasteiger partial charge in [0.25, 0.3) is 0 Å². The van der Waals surface area contributed by atoms with E-state index in [4.69, 9.17) is 5.48 Å². The van der Waals surface area contributed by atoms with E-state index in [2.05, 4.69) is 31.0 Å². The van der Waals surface area contributed by atoms with Crippen molar-refractivity contribution in [2.24, 2.45) is 28.6 Å². The summed E-state index contributed by atoms with van der Waals surface area (Å²) >= 11 is 0. The molecule has 6 rings (SSSR count). The first-order chi connectivity index (χ1) is 15.7. The topological polar surface area (TPSA) is 38.0 Å². The van der Waals surface area contributed by atoms with Crippen LogP contribution < -0.4 is 0 Å². The lowest BCUT2D eigenvalue weighted by Gasteiger charge is -2.57. The molecule has 4 aliphatic carbocycles. The lowest BCUT2D eigenvalue weighted by Crippen LogP contribution is -2.50. The van der Waals surface area contributed by atoms with Crippen LogP contribution in [-0.4, -0.2) is 20.8 Å². The van der Waals surface area contributed by atoms with E-state index in [1.807, 2.05) is 4.57 Å². The summed E-state index contributed by atoms with van der Waals surface area (Å²) in [4.78, 5) is 4.43. The summed E-state index contributed by atoms with van der Waals surface area (Å²) in [5.41, 5.74) is 3.64. The van der Waals surface area contributed by atoms with Crippen LogP contribution in [0.15, 0.2) is 48.2 Å². The van der Waals surface area contributed by atoms with E-state index in [-0.39, 0.29) is 41.1 Å². The van der Waals surface area contributed by atoms with Crippen LogP contribution in [0.1, 0.15) is 64.3 Å². The van der Waals surface area contributed by atoms with Crippen molar-refractivity contribution in [1.29, 1.82) is 0 Å². The van der Waals surface area contributed by atoms with Gasteiger partial charge >= 0.3 is 0 Å². The van der Waals surface area contributed by atoms with Gasteiger partial charge in [-0.25, -0.2) is 4.98 Å². The summed E-state index contributed by atoms with van der Waals surface area (Å²) < 4.78 is 34.9. The number of imidazole rings is 1. The highest BCUT2D eigenvalue weighted by atomic mass is 16.3. The van der Waals surface area contributed by atoms with Gasteiger partial charge in [0.2, 0.25) is 0 Å². The molecule has 2 saturated carbocycles. The zero-order valence-corrected chi connectivity index (χ0v) is 17.3. The summed E-state index contributed by atoms with van der Waals surface area (Å²) in [5.74, 6) is 1.76. The Labute approximate surface area is 179 Å². The van der Waals surface area contributed by atoms with Gasteiger partial charge in [0, 0.05) is 11.1 Å². The highest BCUT2D eigenvalue weighted by Crippen LogP contribution is 2.65. The molecule has 3 heteroatoms. The minimum absolute atomic E-state index is 0.0105. The maximum atomic E-state index is 10.2. The Balaban J connectivity index is 1.40. The van der Waals surface area contributed by atoms with Gasteiger partial charge in [-0.1, -0.05) is 43.7 Å². The second kappa shape index (κ2) is 6.07. The second-order valence-corrected chi connectivity index (χ2v) is 10.2. The van der Waals surface area contributed by atoms with E-state index in [9.17, 15) is 5.11 Å². The molecule has 1 aromatic carbocycles. The lowest BCUT2D eigenvalue weighted by molar-refractivity contribution is -0.0249. The van der Waals surface area contributed by atoms with Crippen LogP contribution in [-0.2, 0) is 0 Å². The summed E-state index contributed by atoms with van der Waals surface area (Å²) in [6.45, 7) is 4.80. The molecule has 0 bridgehead atoms. The summed E-state index contributed by atoms with van der Waals surface area (Å²) in [7, 11) is 0. The molecule has 1 heterocycles. The standard InChI is InChI=1S/C26H32N2O/c1-25-13-11-18(29)15-17(25)7-8-19-20-9-10-24(26(20,2)14-12-21(19)25)28-16-27-22-5-3-4-6-23(22)28/h3-7,10,16,18-21,29H,8-9,11-15H2,1-2H3/t18-,19-,20-,21-,25-,26-/m0/s1/i3D,4D,5D,6D. The summed E-state index contributed by atoms with van der Waals surface area (Å²) in [6.07, 6.45) is 13.4. The monoisotopic (exact) mass is 392 g/mol. The first-order valence-corrected chi connectivity index (χ1v) is 11.2. The van der Waals surface area contributed by atoms with Gasteiger partial charge in [0.15, 0.2) is 0 Å². The van der Waals surface area contributed by atoms with Crippen molar-refractivity contribution < 1.29 is 10.6 Å². The Morgan fingerprint density at radius 3 is 2.79 bits per heavy atom. The third-order valence-electron chi connectivity index (χ3n) is 9.07. The number of hydrogen-bond acceptors (Lipinski definition) is 2. The molecule has 0 spiro atoms. The number of benzene rings is 1. The maximum Gasteiger partial charge on any atom is 0.100 e. The van der Waals surface area contributed by atoms with Crippen LogP contribution in [0.3, 0.4) is 0 Å². The number of hydrogen-bond donors (Lipinski definition) is 1. The Morgan fingerprint density at radius 2 is 1.90 bits per heavy atom. The van der Waals surface area contributed by atoms with Gasteiger partial charge in [0.1, 0.15) is 6.33 Å². The molecule has 3 nitrogen and oxygen atoms in total. The molecule has 4 aliphatic rings. The first kappa shape index (κ1) is 14.2. The third-order valence-corrected chi connectivity index (χ3v) is 9.07. The van der Waals surface area contributed by atoms with Crippen molar-refractivity contribution >= 4 is 16.7 Å². The Bertz CT molecular complexity index is 1230. The van der Waals surface area contributed by atoms with E-state index in [1.165, 1.54) is 5.57 Å². The van der Waals surface area contributed by atoms with Gasteiger partial charge in [0.05, 0.1) is 22.6 Å². The smallest absolute Gasteiger partial charge is 0.100 e. The molecule has 2 fully saturated rings. The van der Waals surface area contributed by atoms with Gasteiger partial charge in [-0.15, -0.1) is 0 Å². The SMILES string of the molecule is [2H]c1c([2H])c([2H])c2c(ncn2C2=CC[C@H]3[C@@H]4CC=C5C[C@@H](O)CC[C@]5(C)[C@H]4CC[C@]23C)c1[2H]. The van der Waals surface area contributed by atoms with Crippen LogP contribution >= 0.6 is 0 Å². The Kier molecular flexibility index (Phi) is 2.97. The highest BCUT2D eigenvalue weighted by molar-refractivity contribution is 5.80. The van der Waals surface area contributed by atoms with Gasteiger partial charge < -0.3 is 9.67 Å². The van der Waals surface area contributed by atoms with Gasteiger partial charge in [-0.3, -0.25) is 0 Å². The van der Waals surface area contributed by atoms with E-state index in [1.54, 1.807) is 6.33 Å². The third kappa shape index (κ3) is 2.37. The van der Waals surface area contributed by atoms with Gasteiger partial charge in [-0.2, -0.15) is 0 Å². The van der Waals surface area contributed by atoms with Crippen molar-refractivity contribution in [2.75, 3.05) is 0 Å². The number of fused-ring (bicyclic) bond motifs is 6. The number of aromatic nitrogens is 2. The number of aliphatic hydroxyl groups excluding tert-OH is 1. The fourth-order valence-corrected chi connectivity index (χ4v) is 7.48. The van der Waals surface area contributed by atoms with Crippen LogP contribution in [0.25, 0.3) is 16.7 Å². The Hall–Kier alpha value is -1.87. The molecule has 0 amide bonds. The van der Waals surface area contributed by atoms with Crippen LogP contribution in [0, 0.1) is 28.6 Å². The summed E-state index contributed by atoms with van der Waals surface area (Å²) in [5, 5.41) is 10.2. The predicted octanol–water partition coefficient (Wildman–Crippen LogP) is 5.81. The molecule has 2 aromatic rings. The summed E-state index contributed by atoms with van der Waals surface area (Å²) in [6, 6.07) is -0.497. The van der Waals surface area contributed by atoms with E-state index < -0.39 is 0 Å². The normalized spacial score (nSPS) is 43.3. The molecule has 6 atom stereocenters. The van der Waals surface area contributed by atoms with Crippen LogP contribution in [0.4, 0.5) is 0 Å². The van der Waals surface area contributed by atoms with Crippen molar-refractivity contribution in [3.8, 4) is 0 Å². The quantitative estimate of drug-likeness (QED) is 0.622. The number of rotatable bonds is 1. The van der Waals surface area contributed by atoms with E-state index in [0.29, 0.717) is 28.8 Å². The maximum absolute atomic E-state index is 10.2. The minimum atomic E-state index is -0.224. The average Bonchev–Trinajstić information content (AvgIpc) is 3.37. The molecular weight excluding hydrogens is 356 g/mol. The lowest BCUT2D eigenvalue weighted by atomic mass is 9.48. The van der Waals surface area contributed by atoms with Crippen molar-refractivity contribution in [2.45, 2.75) is 64.9 Å². The van der Waals surface area contributed by atoms with Crippen LogP contribution in [0.5, 0.6) is 0 Å². The molecule has 1 aromatic heterocycles. The number of para-hydroxylation sites is 2. The first-order valence-electron chi connectivity index (χ1n) is 13.2. The zero-order chi connectivity index (χ0) is 23.3. The number of aliphatic hydroxyl groups is 1. The number of nitrogens with zero attached hydrogens (tertiary/aromatic N) is 2. The molecule has 0 radical (unpaired) electrons. The fraction of sp³-hybridized carbons (Fsp3) is 0.577. The molecule has 1 N–H and O–H groups in total. The minimum Gasteiger partial charge on any atom is -0.393 e. The second-order valence-electron chi connectivity index (χ2n) is 10.2. The average molecular weight is 393 g/mol. The molecule has 0 saturated heterocycles. The predicted molar refractivity (Wildman–Crippen MR) is 117 cm³/mol. The largest absolute Gasteiger partial charge is 0.393 e. The fourth-order valence-electron chi connectivity index (χ4n) is 7.48. The van der Waals surface area contributed by atoms with Crippen molar-refractivity contribution in [3.63, 3.8) is 0 Å². The molecular formula is C26H32N2O. The van der Waals surface area contributed by atoms with Crippen molar-refractivity contribution in [3.05, 3.63) is 48.2 Å². The molecule has 29 heavy (non-hydrogen) atoms. The van der Waals surface area contributed by atoms with E-state index in [0.717, 1.165) is 50.6 Å².